The molecule has 1 atom stereocenters. The van der Waals surface area contributed by atoms with Crippen molar-refractivity contribution in [2.24, 2.45) is 0 Å². The van der Waals surface area contributed by atoms with Crippen LogP contribution in [0.4, 0.5) is 4.79 Å². The summed E-state index contributed by atoms with van der Waals surface area (Å²) in [5.74, 6) is -0.882. The lowest BCUT2D eigenvalue weighted by molar-refractivity contribution is -0.140. The topological polar surface area (TPSA) is 66.8 Å². The second kappa shape index (κ2) is 5.16. The summed E-state index contributed by atoms with van der Waals surface area (Å²) in [4.78, 5) is 24.6. The first-order valence-corrected chi connectivity index (χ1v) is 6.36. The summed E-state index contributed by atoms with van der Waals surface area (Å²) in [6.45, 7) is 7.82. The van der Waals surface area contributed by atoms with Crippen LogP contribution in [0.25, 0.3) is 0 Å². The third-order valence-electron chi connectivity index (χ3n) is 3.14. The fourth-order valence-corrected chi connectivity index (χ4v) is 2.32. The molecule has 5 heteroatoms. The van der Waals surface area contributed by atoms with Crippen molar-refractivity contribution in [2.75, 3.05) is 6.54 Å². The van der Waals surface area contributed by atoms with E-state index in [1.165, 1.54) is 0 Å². The number of amides is 1. The second-order valence-corrected chi connectivity index (χ2v) is 6.16. The van der Waals surface area contributed by atoms with Crippen LogP contribution < -0.4 is 0 Å². The van der Waals surface area contributed by atoms with Crippen LogP contribution in [0.2, 0.25) is 0 Å². The Balaban J connectivity index is 2.82. The average Bonchev–Trinajstić information content (AvgIpc) is 2.12. The van der Waals surface area contributed by atoms with E-state index in [2.05, 4.69) is 0 Å². The third kappa shape index (κ3) is 3.89. The number of carbonyl (C=O) groups excluding carboxylic acids is 1. The SMILES string of the molecule is CC(C)(C)OC(=O)N1CCCCC1(C)CC(=O)O. The van der Waals surface area contributed by atoms with E-state index in [0.29, 0.717) is 13.0 Å². The quantitative estimate of drug-likeness (QED) is 0.825. The molecule has 18 heavy (non-hydrogen) atoms. The van der Waals surface area contributed by atoms with E-state index in [-0.39, 0.29) is 6.42 Å². The van der Waals surface area contributed by atoms with Crippen LogP contribution in [0.1, 0.15) is 53.4 Å². The van der Waals surface area contributed by atoms with Gasteiger partial charge in [-0.25, -0.2) is 4.79 Å². The minimum absolute atomic E-state index is 0.0355. The van der Waals surface area contributed by atoms with Gasteiger partial charge in [0.1, 0.15) is 5.60 Å². The molecular weight excluding hydrogens is 234 g/mol. The zero-order valence-electron chi connectivity index (χ0n) is 11.7. The Morgan fingerprint density at radius 1 is 1.33 bits per heavy atom. The van der Waals surface area contributed by atoms with E-state index in [9.17, 15) is 9.59 Å². The molecule has 0 aromatic heterocycles. The highest BCUT2D eigenvalue weighted by atomic mass is 16.6. The van der Waals surface area contributed by atoms with Gasteiger partial charge in [-0.05, 0) is 47.0 Å². The lowest BCUT2D eigenvalue weighted by Crippen LogP contribution is -2.54. The number of carboxylic acid groups (broad SMARTS) is 1. The van der Waals surface area contributed by atoms with Crippen molar-refractivity contribution in [2.45, 2.75) is 64.5 Å². The number of nitrogens with zero attached hydrogens (tertiary/aromatic N) is 1. The van der Waals surface area contributed by atoms with Crippen LogP contribution >= 0.6 is 0 Å². The molecule has 0 radical (unpaired) electrons. The van der Waals surface area contributed by atoms with E-state index in [1.807, 2.05) is 27.7 Å². The van der Waals surface area contributed by atoms with Crippen LogP contribution in [0.3, 0.4) is 0 Å². The normalized spacial score (nSPS) is 24.8. The molecule has 1 aliphatic rings. The molecule has 5 nitrogen and oxygen atoms in total. The Morgan fingerprint density at radius 3 is 2.44 bits per heavy atom. The maximum absolute atomic E-state index is 12.1. The summed E-state index contributed by atoms with van der Waals surface area (Å²) in [5.41, 5.74) is -1.19. The third-order valence-corrected chi connectivity index (χ3v) is 3.14. The van der Waals surface area contributed by atoms with Crippen molar-refractivity contribution < 1.29 is 19.4 Å². The van der Waals surface area contributed by atoms with Crippen LogP contribution in [0.15, 0.2) is 0 Å². The van der Waals surface area contributed by atoms with Crippen LogP contribution in [-0.4, -0.2) is 39.8 Å². The van der Waals surface area contributed by atoms with E-state index in [1.54, 1.807) is 4.90 Å². The van der Waals surface area contributed by atoms with Crippen molar-refractivity contribution in [3.8, 4) is 0 Å². The van der Waals surface area contributed by atoms with Crippen molar-refractivity contribution >= 4 is 12.1 Å². The number of carboxylic acids is 1. The second-order valence-electron chi connectivity index (χ2n) is 6.16. The number of rotatable bonds is 2. The molecule has 1 amide bonds. The van der Waals surface area contributed by atoms with Gasteiger partial charge in [0.15, 0.2) is 0 Å². The van der Waals surface area contributed by atoms with Gasteiger partial charge in [-0.3, -0.25) is 4.79 Å². The molecule has 1 unspecified atom stereocenters. The highest BCUT2D eigenvalue weighted by Crippen LogP contribution is 2.32. The molecule has 0 aliphatic carbocycles. The van der Waals surface area contributed by atoms with Crippen LogP contribution in [0.5, 0.6) is 0 Å². The number of carbonyl (C=O) groups is 2. The summed E-state index contributed by atoms with van der Waals surface area (Å²) in [6.07, 6.45) is 2.11. The first kappa shape index (κ1) is 14.8. The highest BCUT2D eigenvalue weighted by Gasteiger charge is 2.41. The largest absolute Gasteiger partial charge is 0.481 e. The molecule has 1 saturated heterocycles. The summed E-state index contributed by atoms with van der Waals surface area (Å²) in [7, 11) is 0. The molecule has 1 heterocycles. The predicted molar refractivity (Wildman–Crippen MR) is 67.4 cm³/mol. The fourth-order valence-electron chi connectivity index (χ4n) is 2.32. The Bertz CT molecular complexity index is 334. The van der Waals surface area contributed by atoms with E-state index < -0.39 is 23.2 Å². The van der Waals surface area contributed by atoms with Gasteiger partial charge < -0.3 is 14.7 Å². The minimum Gasteiger partial charge on any atom is -0.481 e. The standard InChI is InChI=1S/C13H23NO4/c1-12(2,3)18-11(17)14-8-6-5-7-13(14,4)9-10(15)16/h5-9H2,1-4H3,(H,15,16). The number of likely N-dealkylation sites (tertiary alicyclic amines) is 1. The molecule has 1 rings (SSSR count). The van der Waals surface area contributed by atoms with Gasteiger partial charge in [0.25, 0.3) is 0 Å². The average molecular weight is 257 g/mol. The molecule has 0 bridgehead atoms. The zero-order chi connectivity index (χ0) is 14.0. The van der Waals surface area contributed by atoms with Gasteiger partial charge in [0, 0.05) is 6.54 Å². The zero-order valence-corrected chi connectivity index (χ0v) is 11.7. The molecule has 1 fully saturated rings. The Morgan fingerprint density at radius 2 is 1.94 bits per heavy atom. The van der Waals surface area contributed by atoms with Gasteiger partial charge in [-0.15, -0.1) is 0 Å². The van der Waals surface area contributed by atoms with Gasteiger partial charge in [-0.1, -0.05) is 0 Å². The Kier molecular flexibility index (Phi) is 4.24. The molecule has 1 N–H and O–H groups in total. The summed E-state index contributed by atoms with van der Waals surface area (Å²) in [5, 5.41) is 8.98. The van der Waals surface area contributed by atoms with Crippen molar-refractivity contribution in [1.82, 2.24) is 4.90 Å². The Hall–Kier alpha value is -1.26. The smallest absolute Gasteiger partial charge is 0.410 e. The van der Waals surface area contributed by atoms with E-state index in [4.69, 9.17) is 9.84 Å². The number of piperidine rings is 1. The summed E-state index contributed by atoms with van der Waals surface area (Å²) >= 11 is 0. The van der Waals surface area contributed by atoms with Gasteiger partial charge in [0.05, 0.1) is 12.0 Å². The first-order valence-electron chi connectivity index (χ1n) is 6.36. The molecule has 104 valence electrons. The molecule has 0 spiro atoms. The minimum atomic E-state index is -0.882. The molecule has 1 aliphatic heterocycles. The number of hydrogen-bond acceptors (Lipinski definition) is 3. The molecule has 0 aromatic carbocycles. The predicted octanol–water partition coefficient (Wildman–Crippen LogP) is 2.64. The number of aliphatic carboxylic acids is 1. The van der Waals surface area contributed by atoms with Crippen molar-refractivity contribution in [3.63, 3.8) is 0 Å². The van der Waals surface area contributed by atoms with E-state index >= 15 is 0 Å². The monoisotopic (exact) mass is 257 g/mol. The number of ether oxygens (including phenoxy) is 1. The van der Waals surface area contributed by atoms with Crippen LogP contribution in [0, 0.1) is 0 Å². The highest BCUT2D eigenvalue weighted by molar-refractivity contribution is 5.73. The maximum atomic E-state index is 12.1. The summed E-state index contributed by atoms with van der Waals surface area (Å²) in [6, 6.07) is 0. The van der Waals surface area contributed by atoms with Gasteiger partial charge in [0.2, 0.25) is 0 Å². The molecule has 0 saturated carbocycles. The molecule has 0 aromatic rings. The maximum Gasteiger partial charge on any atom is 0.410 e. The number of hydrogen-bond donors (Lipinski definition) is 1. The lowest BCUT2D eigenvalue weighted by Gasteiger charge is -2.44. The first-order chi connectivity index (χ1) is 8.14. The van der Waals surface area contributed by atoms with Crippen molar-refractivity contribution in [3.05, 3.63) is 0 Å². The van der Waals surface area contributed by atoms with Gasteiger partial charge >= 0.3 is 12.1 Å². The summed E-state index contributed by atoms with van der Waals surface area (Å²) < 4.78 is 5.35. The van der Waals surface area contributed by atoms with E-state index in [0.717, 1.165) is 12.8 Å². The van der Waals surface area contributed by atoms with Gasteiger partial charge in [-0.2, -0.15) is 0 Å². The van der Waals surface area contributed by atoms with Crippen molar-refractivity contribution in [1.29, 1.82) is 0 Å². The Labute approximate surface area is 108 Å². The lowest BCUT2D eigenvalue weighted by atomic mass is 9.86. The fraction of sp³-hybridized carbons (Fsp3) is 0.846. The molecular formula is C13H23NO4. The van der Waals surface area contributed by atoms with Crippen LogP contribution in [-0.2, 0) is 9.53 Å².